The van der Waals surface area contributed by atoms with Crippen LogP contribution in [0.4, 0.5) is 5.69 Å². The first-order valence-corrected chi connectivity index (χ1v) is 10.3. The van der Waals surface area contributed by atoms with Crippen LogP contribution in [0.2, 0.25) is 0 Å². The predicted molar refractivity (Wildman–Crippen MR) is 120 cm³/mol. The second kappa shape index (κ2) is 8.45. The van der Waals surface area contributed by atoms with Gasteiger partial charge in [-0.25, -0.2) is 4.68 Å². The summed E-state index contributed by atoms with van der Waals surface area (Å²) in [6, 6.07) is 14.7. The Morgan fingerprint density at radius 2 is 1.77 bits per heavy atom. The number of nitrogens with zero attached hydrogens (tertiary/aromatic N) is 3. The van der Waals surface area contributed by atoms with Gasteiger partial charge in [-0.15, -0.1) is 0 Å². The number of pyridine rings is 1. The van der Waals surface area contributed by atoms with Crippen molar-refractivity contribution in [1.82, 2.24) is 14.8 Å². The van der Waals surface area contributed by atoms with Crippen LogP contribution in [0.5, 0.6) is 0 Å². The molecular formula is C24H24N4O2. The minimum Gasteiger partial charge on any atom is -0.320 e. The van der Waals surface area contributed by atoms with Gasteiger partial charge in [0.1, 0.15) is 0 Å². The summed E-state index contributed by atoms with van der Waals surface area (Å²) in [6.45, 7) is 4.59. The molecule has 1 amide bonds. The van der Waals surface area contributed by atoms with Gasteiger partial charge in [0.25, 0.3) is 11.5 Å². The molecule has 2 heterocycles. The largest absolute Gasteiger partial charge is 0.320 e. The molecule has 0 saturated heterocycles. The number of benzene rings is 2. The summed E-state index contributed by atoms with van der Waals surface area (Å²) in [6.07, 6.45) is 4.63. The molecule has 152 valence electrons. The van der Waals surface area contributed by atoms with Crippen molar-refractivity contribution in [3.05, 3.63) is 76.3 Å². The second-order valence-electron chi connectivity index (χ2n) is 7.41. The van der Waals surface area contributed by atoms with Crippen LogP contribution in [0.1, 0.15) is 42.2 Å². The zero-order valence-electron chi connectivity index (χ0n) is 17.2. The number of aromatic nitrogens is 3. The highest BCUT2D eigenvalue weighted by atomic mass is 16.2. The van der Waals surface area contributed by atoms with Crippen molar-refractivity contribution in [3.63, 3.8) is 0 Å². The van der Waals surface area contributed by atoms with Crippen molar-refractivity contribution in [1.29, 1.82) is 0 Å². The van der Waals surface area contributed by atoms with Gasteiger partial charge in [-0.2, -0.15) is 5.10 Å². The van der Waals surface area contributed by atoms with E-state index >= 15 is 0 Å². The number of amides is 1. The van der Waals surface area contributed by atoms with Crippen LogP contribution < -0.4 is 10.9 Å². The van der Waals surface area contributed by atoms with Crippen molar-refractivity contribution < 1.29 is 4.79 Å². The van der Waals surface area contributed by atoms with E-state index in [0.29, 0.717) is 23.0 Å². The summed E-state index contributed by atoms with van der Waals surface area (Å²) in [4.78, 5) is 30.5. The minimum absolute atomic E-state index is 0.164. The number of unbranched alkanes of at least 4 members (excludes halogenated alkanes) is 2. The smallest absolute Gasteiger partial charge is 0.276 e. The maximum absolute atomic E-state index is 13.2. The normalized spacial score (nSPS) is 11.1. The van der Waals surface area contributed by atoms with E-state index in [1.807, 2.05) is 37.3 Å². The van der Waals surface area contributed by atoms with Gasteiger partial charge >= 0.3 is 0 Å². The molecule has 2 aromatic heterocycles. The summed E-state index contributed by atoms with van der Waals surface area (Å²) in [5, 5.41) is 9.35. The fraction of sp³-hybridized carbons (Fsp3) is 0.250. The average Bonchev–Trinajstić information content (AvgIpc) is 2.77. The highest BCUT2D eigenvalue weighted by molar-refractivity contribution is 6.13. The van der Waals surface area contributed by atoms with Gasteiger partial charge in [0.05, 0.1) is 16.6 Å². The van der Waals surface area contributed by atoms with Crippen molar-refractivity contribution in [2.45, 2.75) is 39.7 Å². The third kappa shape index (κ3) is 3.68. The Kier molecular flexibility index (Phi) is 5.57. The first-order chi connectivity index (χ1) is 14.6. The second-order valence-corrected chi connectivity index (χ2v) is 7.41. The molecule has 0 aliphatic heterocycles. The van der Waals surface area contributed by atoms with E-state index in [1.54, 1.807) is 24.4 Å². The Morgan fingerprint density at radius 3 is 2.57 bits per heavy atom. The molecule has 0 bridgehead atoms. The molecule has 0 spiro atoms. The third-order valence-corrected chi connectivity index (χ3v) is 5.28. The summed E-state index contributed by atoms with van der Waals surface area (Å²) in [5.41, 5.74) is 2.64. The molecule has 0 radical (unpaired) electrons. The van der Waals surface area contributed by atoms with E-state index in [-0.39, 0.29) is 17.2 Å². The van der Waals surface area contributed by atoms with Gasteiger partial charge in [0, 0.05) is 23.5 Å². The lowest BCUT2D eigenvalue weighted by Gasteiger charge is -2.13. The number of aryl methyl sites for hydroxylation is 2. The molecule has 0 saturated carbocycles. The summed E-state index contributed by atoms with van der Waals surface area (Å²) < 4.78 is 1.42. The zero-order chi connectivity index (χ0) is 21.1. The van der Waals surface area contributed by atoms with E-state index in [0.717, 1.165) is 35.7 Å². The minimum atomic E-state index is -0.343. The fourth-order valence-electron chi connectivity index (χ4n) is 3.67. The molecule has 4 rings (SSSR count). The van der Waals surface area contributed by atoms with Crippen LogP contribution in [-0.2, 0) is 6.54 Å². The van der Waals surface area contributed by atoms with Gasteiger partial charge in [-0.05, 0) is 43.2 Å². The number of hydrogen-bond acceptors (Lipinski definition) is 4. The van der Waals surface area contributed by atoms with Gasteiger partial charge < -0.3 is 5.32 Å². The molecule has 0 aliphatic carbocycles. The average molecular weight is 400 g/mol. The van der Waals surface area contributed by atoms with Crippen LogP contribution in [0, 0.1) is 6.92 Å². The zero-order valence-corrected chi connectivity index (χ0v) is 17.2. The summed E-state index contributed by atoms with van der Waals surface area (Å²) >= 11 is 0. The van der Waals surface area contributed by atoms with E-state index in [1.165, 1.54) is 4.68 Å². The van der Waals surface area contributed by atoms with Crippen LogP contribution in [0.3, 0.4) is 0 Å². The number of carbonyl (C=O) groups is 1. The van der Waals surface area contributed by atoms with Gasteiger partial charge in [0.15, 0.2) is 5.69 Å². The maximum atomic E-state index is 13.2. The van der Waals surface area contributed by atoms with Crippen LogP contribution in [-0.4, -0.2) is 20.7 Å². The molecule has 6 nitrogen and oxygen atoms in total. The van der Waals surface area contributed by atoms with Crippen LogP contribution in [0.15, 0.2) is 59.5 Å². The number of anilines is 1. The Balaban J connectivity index is 1.77. The molecule has 0 unspecified atom stereocenters. The molecule has 4 aromatic rings. The van der Waals surface area contributed by atoms with E-state index < -0.39 is 0 Å². The first kappa shape index (κ1) is 19.8. The summed E-state index contributed by atoms with van der Waals surface area (Å²) in [5.74, 6) is -0.343. The maximum Gasteiger partial charge on any atom is 0.276 e. The van der Waals surface area contributed by atoms with Crippen molar-refractivity contribution in [3.8, 4) is 0 Å². The number of carbonyl (C=O) groups excluding carboxylic acids is 1. The highest BCUT2D eigenvalue weighted by Gasteiger charge is 2.18. The first-order valence-electron chi connectivity index (χ1n) is 10.3. The summed E-state index contributed by atoms with van der Waals surface area (Å²) in [7, 11) is 0. The Bertz CT molecular complexity index is 1290. The lowest BCUT2D eigenvalue weighted by Crippen LogP contribution is -2.27. The quantitative estimate of drug-likeness (QED) is 0.476. The molecule has 0 fully saturated rings. The van der Waals surface area contributed by atoms with E-state index in [2.05, 4.69) is 22.3 Å². The predicted octanol–water partition coefficient (Wildman–Crippen LogP) is 4.70. The topological polar surface area (TPSA) is 76.9 Å². The SMILES string of the molecule is CCCCCn1nc(C(=O)Nc2ccc(C)c3ncccc23)c2ccccc2c1=O. The number of rotatable bonds is 6. The Morgan fingerprint density at radius 1 is 1.00 bits per heavy atom. The van der Waals surface area contributed by atoms with Crippen molar-refractivity contribution in [2.75, 3.05) is 5.32 Å². The highest BCUT2D eigenvalue weighted by Crippen LogP contribution is 2.25. The van der Waals surface area contributed by atoms with E-state index in [4.69, 9.17) is 0 Å². The molecule has 0 atom stereocenters. The van der Waals surface area contributed by atoms with Crippen LogP contribution in [0.25, 0.3) is 21.7 Å². The lowest BCUT2D eigenvalue weighted by atomic mass is 10.1. The fourth-order valence-corrected chi connectivity index (χ4v) is 3.67. The number of nitrogens with one attached hydrogen (secondary N) is 1. The molecular weight excluding hydrogens is 376 g/mol. The number of fused-ring (bicyclic) bond motifs is 2. The number of hydrogen-bond donors (Lipinski definition) is 1. The van der Waals surface area contributed by atoms with E-state index in [9.17, 15) is 9.59 Å². The Hall–Kier alpha value is -3.54. The van der Waals surface area contributed by atoms with Gasteiger partial charge in [-0.3, -0.25) is 14.6 Å². The lowest BCUT2D eigenvalue weighted by molar-refractivity contribution is 0.102. The van der Waals surface area contributed by atoms with Gasteiger partial charge in [-0.1, -0.05) is 44.0 Å². The molecule has 2 aromatic carbocycles. The molecule has 1 N–H and O–H groups in total. The molecule has 6 heteroatoms. The molecule has 30 heavy (non-hydrogen) atoms. The third-order valence-electron chi connectivity index (χ3n) is 5.28. The van der Waals surface area contributed by atoms with Crippen molar-refractivity contribution in [2.24, 2.45) is 0 Å². The standard InChI is InChI=1S/C24H24N4O2/c1-3-4-7-15-28-24(30)18-10-6-5-9-17(18)22(27-28)23(29)26-20-13-12-16(2)21-19(20)11-8-14-25-21/h5-6,8-14H,3-4,7,15H2,1-2H3,(H,26,29). The molecule has 0 aliphatic rings. The Labute approximate surface area is 174 Å². The monoisotopic (exact) mass is 400 g/mol. The van der Waals surface area contributed by atoms with Gasteiger partial charge in [0.2, 0.25) is 0 Å². The van der Waals surface area contributed by atoms with Crippen molar-refractivity contribution >= 4 is 33.3 Å². The van der Waals surface area contributed by atoms with Crippen LogP contribution >= 0.6 is 0 Å².